The molecule has 142 valence electrons. The molecular weight excluding hydrogens is 352 g/mol. The van der Waals surface area contributed by atoms with Gasteiger partial charge in [-0.2, -0.15) is 10.2 Å². The predicted molar refractivity (Wildman–Crippen MR) is 108 cm³/mol. The molecule has 2 aromatic carbocycles. The Bertz CT molecular complexity index is 963. The van der Waals surface area contributed by atoms with Crippen LogP contribution in [0.4, 0.5) is 0 Å². The molecule has 28 heavy (non-hydrogen) atoms. The largest absolute Gasteiger partial charge is 0.494 e. The second-order valence-electron chi connectivity index (χ2n) is 6.54. The van der Waals surface area contributed by atoms with Gasteiger partial charge < -0.3 is 9.47 Å². The van der Waals surface area contributed by atoms with Crippen LogP contribution < -0.4 is 9.47 Å². The molecule has 0 spiro atoms. The summed E-state index contributed by atoms with van der Waals surface area (Å²) >= 11 is 0. The van der Waals surface area contributed by atoms with Gasteiger partial charge in [0.25, 0.3) is 0 Å². The maximum atomic E-state index is 5.90. The SMILES string of the molecule is CC(CCOc1ccc(Oc2ccc(-c3ccn[nH]3)cc2)cc1)n1cccn1. The fourth-order valence-corrected chi connectivity index (χ4v) is 2.88. The highest BCUT2D eigenvalue weighted by Gasteiger charge is 2.05. The molecule has 6 nitrogen and oxygen atoms in total. The Morgan fingerprint density at radius 1 is 0.929 bits per heavy atom. The van der Waals surface area contributed by atoms with Crippen LogP contribution in [-0.4, -0.2) is 26.6 Å². The molecule has 1 N–H and O–H groups in total. The van der Waals surface area contributed by atoms with E-state index >= 15 is 0 Å². The van der Waals surface area contributed by atoms with Gasteiger partial charge in [0.1, 0.15) is 17.2 Å². The number of hydrogen-bond acceptors (Lipinski definition) is 4. The lowest BCUT2D eigenvalue weighted by Gasteiger charge is -2.13. The van der Waals surface area contributed by atoms with Crippen LogP contribution in [0.5, 0.6) is 17.2 Å². The lowest BCUT2D eigenvalue weighted by atomic mass is 10.1. The van der Waals surface area contributed by atoms with Crippen LogP contribution in [0.25, 0.3) is 11.3 Å². The van der Waals surface area contributed by atoms with E-state index in [9.17, 15) is 0 Å². The number of aromatic amines is 1. The zero-order valence-electron chi connectivity index (χ0n) is 15.7. The monoisotopic (exact) mass is 374 g/mol. The van der Waals surface area contributed by atoms with Gasteiger partial charge in [-0.25, -0.2) is 0 Å². The Hall–Kier alpha value is -3.54. The van der Waals surface area contributed by atoms with E-state index in [1.165, 1.54) is 0 Å². The highest BCUT2D eigenvalue weighted by Crippen LogP contribution is 2.26. The Morgan fingerprint density at radius 2 is 1.64 bits per heavy atom. The van der Waals surface area contributed by atoms with Crippen molar-refractivity contribution in [3.8, 4) is 28.5 Å². The molecule has 1 unspecified atom stereocenters. The minimum Gasteiger partial charge on any atom is -0.494 e. The van der Waals surface area contributed by atoms with Gasteiger partial charge >= 0.3 is 0 Å². The van der Waals surface area contributed by atoms with Crippen molar-refractivity contribution >= 4 is 0 Å². The van der Waals surface area contributed by atoms with Crippen molar-refractivity contribution in [1.29, 1.82) is 0 Å². The fraction of sp³-hybridized carbons (Fsp3) is 0.182. The Morgan fingerprint density at radius 3 is 2.29 bits per heavy atom. The molecule has 1 atom stereocenters. The number of benzene rings is 2. The van der Waals surface area contributed by atoms with Gasteiger partial charge in [0.05, 0.1) is 18.3 Å². The highest BCUT2D eigenvalue weighted by atomic mass is 16.5. The minimum absolute atomic E-state index is 0.308. The van der Waals surface area contributed by atoms with Crippen LogP contribution in [0.3, 0.4) is 0 Å². The molecular formula is C22H22N4O2. The first-order valence-corrected chi connectivity index (χ1v) is 9.27. The van der Waals surface area contributed by atoms with E-state index in [0.717, 1.165) is 34.9 Å². The third-order valence-corrected chi connectivity index (χ3v) is 4.51. The topological polar surface area (TPSA) is 65.0 Å². The van der Waals surface area contributed by atoms with Crippen LogP contribution in [0.1, 0.15) is 19.4 Å². The first kappa shape index (κ1) is 17.9. The number of ether oxygens (including phenoxy) is 2. The van der Waals surface area contributed by atoms with E-state index in [4.69, 9.17) is 9.47 Å². The summed E-state index contributed by atoms with van der Waals surface area (Å²) in [6.07, 6.45) is 6.39. The number of hydrogen-bond donors (Lipinski definition) is 1. The predicted octanol–water partition coefficient (Wildman–Crippen LogP) is 5.10. The van der Waals surface area contributed by atoms with Gasteiger partial charge in [-0.05, 0) is 73.2 Å². The molecule has 4 aromatic rings. The van der Waals surface area contributed by atoms with E-state index in [1.54, 1.807) is 12.4 Å². The maximum Gasteiger partial charge on any atom is 0.127 e. The molecule has 0 aliphatic heterocycles. The Kier molecular flexibility index (Phi) is 5.38. The lowest BCUT2D eigenvalue weighted by molar-refractivity contribution is 0.277. The summed E-state index contributed by atoms with van der Waals surface area (Å²) in [6, 6.07) is 19.7. The van der Waals surface area contributed by atoms with Crippen molar-refractivity contribution in [3.05, 3.63) is 79.3 Å². The van der Waals surface area contributed by atoms with E-state index in [0.29, 0.717) is 12.6 Å². The van der Waals surface area contributed by atoms with E-state index < -0.39 is 0 Å². The standard InChI is InChI=1S/C22H22N4O2/c1-17(26-15-2-13-24-26)12-16-27-19-7-9-21(10-8-19)28-20-5-3-18(4-6-20)22-11-14-23-25-22/h2-11,13-15,17H,12,16H2,1H3,(H,23,25). The van der Waals surface area contributed by atoms with Crippen LogP contribution in [0.2, 0.25) is 0 Å². The van der Waals surface area contributed by atoms with Crippen molar-refractivity contribution in [2.75, 3.05) is 6.61 Å². The molecule has 0 saturated carbocycles. The molecule has 0 saturated heterocycles. The lowest BCUT2D eigenvalue weighted by Crippen LogP contribution is -2.10. The molecule has 6 heteroatoms. The fourth-order valence-electron chi connectivity index (χ4n) is 2.88. The van der Waals surface area contributed by atoms with Crippen molar-refractivity contribution in [3.63, 3.8) is 0 Å². The van der Waals surface area contributed by atoms with Crippen LogP contribution >= 0.6 is 0 Å². The Labute approximate surface area is 163 Å². The van der Waals surface area contributed by atoms with Crippen molar-refractivity contribution in [1.82, 2.24) is 20.0 Å². The van der Waals surface area contributed by atoms with Gasteiger partial charge in [-0.1, -0.05) is 0 Å². The van der Waals surface area contributed by atoms with E-state index in [2.05, 4.69) is 22.2 Å². The molecule has 0 fully saturated rings. The van der Waals surface area contributed by atoms with Crippen LogP contribution in [-0.2, 0) is 0 Å². The minimum atomic E-state index is 0.308. The summed E-state index contributed by atoms with van der Waals surface area (Å²) in [5.74, 6) is 2.38. The molecule has 0 bridgehead atoms. The number of H-pyrrole nitrogens is 1. The highest BCUT2D eigenvalue weighted by molar-refractivity contribution is 5.59. The van der Waals surface area contributed by atoms with Gasteiger partial charge in [0.2, 0.25) is 0 Å². The second kappa shape index (κ2) is 8.43. The molecule has 0 aliphatic carbocycles. The van der Waals surface area contributed by atoms with Crippen molar-refractivity contribution in [2.45, 2.75) is 19.4 Å². The van der Waals surface area contributed by atoms with E-state index in [1.807, 2.05) is 71.5 Å². The van der Waals surface area contributed by atoms with Crippen LogP contribution in [0, 0.1) is 0 Å². The van der Waals surface area contributed by atoms with Gasteiger partial charge in [0.15, 0.2) is 0 Å². The van der Waals surface area contributed by atoms with Gasteiger partial charge in [-0.15, -0.1) is 0 Å². The molecule has 0 aliphatic rings. The second-order valence-corrected chi connectivity index (χ2v) is 6.54. The third-order valence-electron chi connectivity index (χ3n) is 4.51. The zero-order chi connectivity index (χ0) is 19.2. The third kappa shape index (κ3) is 4.40. The molecule has 0 radical (unpaired) electrons. The summed E-state index contributed by atoms with van der Waals surface area (Å²) in [7, 11) is 0. The summed E-state index contributed by atoms with van der Waals surface area (Å²) in [5.41, 5.74) is 2.05. The summed E-state index contributed by atoms with van der Waals surface area (Å²) < 4.78 is 13.7. The number of aromatic nitrogens is 4. The first-order valence-electron chi connectivity index (χ1n) is 9.27. The Balaban J connectivity index is 1.28. The summed E-state index contributed by atoms with van der Waals surface area (Å²) in [6.45, 7) is 2.77. The smallest absolute Gasteiger partial charge is 0.127 e. The van der Waals surface area contributed by atoms with E-state index in [-0.39, 0.29) is 0 Å². The number of nitrogens with one attached hydrogen (secondary N) is 1. The maximum absolute atomic E-state index is 5.90. The van der Waals surface area contributed by atoms with Crippen molar-refractivity contribution in [2.24, 2.45) is 0 Å². The number of nitrogens with zero attached hydrogens (tertiary/aromatic N) is 3. The quantitative estimate of drug-likeness (QED) is 0.466. The summed E-state index contributed by atoms with van der Waals surface area (Å²) in [4.78, 5) is 0. The average molecular weight is 374 g/mol. The molecule has 4 rings (SSSR count). The normalized spacial score (nSPS) is 11.9. The molecule has 0 amide bonds. The first-order chi connectivity index (χ1) is 13.8. The average Bonchev–Trinajstić information content (AvgIpc) is 3.44. The van der Waals surface area contributed by atoms with Crippen molar-refractivity contribution < 1.29 is 9.47 Å². The zero-order valence-corrected chi connectivity index (χ0v) is 15.7. The summed E-state index contributed by atoms with van der Waals surface area (Å²) in [5, 5.41) is 11.2. The van der Waals surface area contributed by atoms with Gasteiger partial charge in [0, 0.05) is 25.0 Å². The molecule has 2 aromatic heterocycles. The van der Waals surface area contributed by atoms with Crippen LogP contribution in [0.15, 0.2) is 79.3 Å². The van der Waals surface area contributed by atoms with Gasteiger partial charge in [-0.3, -0.25) is 9.78 Å². The number of rotatable bonds is 8. The molecule has 2 heterocycles.